The van der Waals surface area contributed by atoms with E-state index in [9.17, 15) is 9.90 Å². The van der Waals surface area contributed by atoms with Gasteiger partial charge in [0.15, 0.2) is 5.65 Å². The zero-order valence-corrected chi connectivity index (χ0v) is 21.4. The minimum absolute atomic E-state index is 0.133. The van der Waals surface area contributed by atoms with Crippen LogP contribution in [-0.2, 0) is 31.4 Å². The molecule has 1 amide bonds. The fourth-order valence-corrected chi connectivity index (χ4v) is 4.51. The number of aromatic nitrogens is 5. The molecule has 11 heteroatoms. The molecule has 0 radical (unpaired) electrons. The van der Waals surface area contributed by atoms with Gasteiger partial charge in [0.25, 0.3) is 0 Å². The molecule has 4 heterocycles. The molecule has 1 aromatic carbocycles. The van der Waals surface area contributed by atoms with E-state index in [0.29, 0.717) is 46.8 Å². The van der Waals surface area contributed by atoms with E-state index in [-0.39, 0.29) is 19.1 Å². The van der Waals surface area contributed by atoms with Crippen LogP contribution < -0.4 is 9.64 Å². The van der Waals surface area contributed by atoms with Crippen molar-refractivity contribution in [3.8, 4) is 17.0 Å². The molecule has 0 unspecified atom stereocenters. The summed E-state index contributed by atoms with van der Waals surface area (Å²) in [7, 11) is 1.82. The van der Waals surface area contributed by atoms with E-state index in [4.69, 9.17) is 9.47 Å². The molecule has 0 bridgehead atoms. The van der Waals surface area contributed by atoms with Crippen molar-refractivity contribution in [3.05, 3.63) is 58.9 Å². The minimum atomic E-state index is -0.799. The predicted octanol–water partition coefficient (Wildman–Crippen LogP) is 3.95. The van der Waals surface area contributed by atoms with Crippen LogP contribution in [0.15, 0.2) is 30.6 Å². The van der Waals surface area contributed by atoms with Crippen molar-refractivity contribution in [1.82, 2.24) is 24.1 Å². The number of ether oxygens (including phenoxy) is 2. The Hall–Kier alpha value is -3.99. The number of anilines is 1. The van der Waals surface area contributed by atoms with Crippen molar-refractivity contribution in [2.75, 3.05) is 11.5 Å². The van der Waals surface area contributed by atoms with Gasteiger partial charge in [0.2, 0.25) is 5.95 Å². The SMILES string of the molecule is Cc1cc(-c2cnc(N(Cc3c(F)ccc4c3CCO4)C(=O)OC(C)(C)C)n3cc(CO)nc23)n(C)n1. The van der Waals surface area contributed by atoms with Gasteiger partial charge in [0, 0.05) is 37.0 Å². The number of halogens is 1. The second-order valence-electron chi connectivity index (χ2n) is 10.0. The van der Waals surface area contributed by atoms with Gasteiger partial charge in [-0.3, -0.25) is 9.08 Å². The lowest BCUT2D eigenvalue weighted by atomic mass is 10.0. The van der Waals surface area contributed by atoms with Crippen LogP contribution in [-0.4, -0.2) is 47.6 Å². The number of aliphatic hydroxyl groups excluding tert-OH is 1. The Morgan fingerprint density at radius 3 is 2.78 bits per heavy atom. The largest absolute Gasteiger partial charge is 0.493 e. The molecular formula is C26H29FN6O4. The molecule has 0 saturated heterocycles. The van der Waals surface area contributed by atoms with Crippen LogP contribution in [0.25, 0.3) is 16.9 Å². The van der Waals surface area contributed by atoms with E-state index in [1.165, 1.54) is 11.0 Å². The lowest BCUT2D eigenvalue weighted by Crippen LogP contribution is -2.38. The molecule has 10 nitrogen and oxygen atoms in total. The molecule has 4 aromatic rings. The number of rotatable bonds is 5. The third kappa shape index (κ3) is 4.62. The van der Waals surface area contributed by atoms with E-state index in [0.717, 1.165) is 11.4 Å². The molecular weight excluding hydrogens is 479 g/mol. The smallest absolute Gasteiger partial charge is 0.417 e. The molecule has 1 N–H and O–H groups in total. The summed E-state index contributed by atoms with van der Waals surface area (Å²) in [5.74, 6) is 0.332. The molecule has 0 fully saturated rings. The maximum atomic E-state index is 15.1. The molecule has 0 aliphatic carbocycles. The summed E-state index contributed by atoms with van der Waals surface area (Å²) in [6.07, 6.45) is 3.05. The predicted molar refractivity (Wildman–Crippen MR) is 134 cm³/mol. The molecule has 0 spiro atoms. The molecule has 37 heavy (non-hydrogen) atoms. The fraction of sp³-hybridized carbons (Fsp3) is 0.385. The maximum absolute atomic E-state index is 15.1. The molecule has 194 valence electrons. The number of hydrogen-bond acceptors (Lipinski definition) is 7. The number of imidazole rings is 1. The summed E-state index contributed by atoms with van der Waals surface area (Å²) in [6, 6.07) is 4.84. The normalized spacial score (nSPS) is 13.1. The topological polar surface area (TPSA) is 107 Å². The second-order valence-corrected chi connectivity index (χ2v) is 10.0. The van der Waals surface area contributed by atoms with Crippen LogP contribution in [0.2, 0.25) is 0 Å². The van der Waals surface area contributed by atoms with Crippen molar-refractivity contribution >= 4 is 17.7 Å². The Balaban J connectivity index is 1.69. The highest BCUT2D eigenvalue weighted by Gasteiger charge is 2.31. The Morgan fingerprint density at radius 2 is 2.11 bits per heavy atom. The van der Waals surface area contributed by atoms with E-state index in [2.05, 4.69) is 15.1 Å². The number of nitrogens with zero attached hydrogens (tertiary/aromatic N) is 6. The number of hydrogen-bond donors (Lipinski definition) is 1. The van der Waals surface area contributed by atoms with Crippen molar-refractivity contribution < 1.29 is 23.8 Å². The van der Waals surface area contributed by atoms with Crippen molar-refractivity contribution in [2.24, 2.45) is 7.05 Å². The number of aryl methyl sites for hydroxylation is 2. The first-order valence-electron chi connectivity index (χ1n) is 12.0. The highest BCUT2D eigenvalue weighted by atomic mass is 19.1. The first-order chi connectivity index (χ1) is 17.6. The van der Waals surface area contributed by atoms with E-state index < -0.39 is 17.5 Å². The number of carbonyl (C=O) groups excluding carboxylic acids is 1. The van der Waals surface area contributed by atoms with Crippen LogP contribution in [0.5, 0.6) is 5.75 Å². The van der Waals surface area contributed by atoms with E-state index in [1.807, 2.05) is 20.0 Å². The molecule has 1 aliphatic rings. The fourth-order valence-electron chi connectivity index (χ4n) is 4.51. The average molecular weight is 509 g/mol. The minimum Gasteiger partial charge on any atom is -0.493 e. The van der Waals surface area contributed by atoms with E-state index >= 15 is 4.39 Å². The van der Waals surface area contributed by atoms with Crippen LogP contribution in [0.4, 0.5) is 15.1 Å². The summed E-state index contributed by atoms with van der Waals surface area (Å²) in [5.41, 5.74) is 3.36. The average Bonchev–Trinajstić information content (AvgIpc) is 3.55. The molecule has 5 rings (SSSR count). The summed E-state index contributed by atoms with van der Waals surface area (Å²) in [5, 5.41) is 14.3. The summed E-state index contributed by atoms with van der Waals surface area (Å²) >= 11 is 0. The number of benzene rings is 1. The van der Waals surface area contributed by atoms with Gasteiger partial charge in [-0.1, -0.05) is 0 Å². The Bertz CT molecular complexity index is 1500. The van der Waals surface area contributed by atoms with Crippen LogP contribution in [0, 0.1) is 12.7 Å². The highest BCUT2D eigenvalue weighted by molar-refractivity contribution is 5.87. The zero-order chi connectivity index (χ0) is 26.5. The summed E-state index contributed by atoms with van der Waals surface area (Å²) < 4.78 is 29.8. The number of carbonyl (C=O) groups is 1. The van der Waals surface area contributed by atoms with Gasteiger partial charge in [-0.15, -0.1) is 0 Å². The number of fused-ring (bicyclic) bond motifs is 2. The third-order valence-corrected chi connectivity index (χ3v) is 6.07. The summed E-state index contributed by atoms with van der Waals surface area (Å²) in [4.78, 5) is 24.0. The van der Waals surface area contributed by atoms with Crippen LogP contribution >= 0.6 is 0 Å². The quantitative estimate of drug-likeness (QED) is 0.435. The monoisotopic (exact) mass is 508 g/mol. The second kappa shape index (κ2) is 9.15. The standard InChI is InChI=1S/C26H29FN6O4/c1-15-10-21(31(5)30-15)18-11-28-24(32-12-16(14-34)29-23(18)32)33(25(35)37-26(2,3)4)13-19-17-8-9-36-22(17)7-6-20(19)27/h6-7,10-12,34H,8-9,13-14H2,1-5H3. The van der Waals surface area contributed by atoms with Gasteiger partial charge in [-0.2, -0.15) is 5.10 Å². The van der Waals surface area contributed by atoms with Crippen molar-refractivity contribution in [2.45, 2.75) is 52.9 Å². The van der Waals surface area contributed by atoms with Crippen LogP contribution in [0.1, 0.15) is 43.3 Å². The highest BCUT2D eigenvalue weighted by Crippen LogP contribution is 2.33. The van der Waals surface area contributed by atoms with E-state index in [1.54, 1.807) is 48.3 Å². The molecule has 3 aromatic heterocycles. The third-order valence-electron chi connectivity index (χ3n) is 6.07. The van der Waals surface area contributed by atoms with Gasteiger partial charge in [0.05, 0.1) is 42.4 Å². The lowest BCUT2D eigenvalue weighted by Gasteiger charge is -2.28. The van der Waals surface area contributed by atoms with Crippen LogP contribution in [0.3, 0.4) is 0 Å². The Kier molecular flexibility index (Phi) is 6.10. The zero-order valence-electron chi connectivity index (χ0n) is 21.4. The number of amides is 1. The molecule has 0 saturated carbocycles. The van der Waals surface area contributed by atoms with Gasteiger partial charge in [0.1, 0.15) is 17.2 Å². The van der Waals surface area contributed by atoms with Crippen molar-refractivity contribution in [1.29, 1.82) is 0 Å². The van der Waals surface area contributed by atoms with Crippen molar-refractivity contribution in [3.63, 3.8) is 0 Å². The Morgan fingerprint density at radius 1 is 1.32 bits per heavy atom. The van der Waals surface area contributed by atoms with Gasteiger partial charge >= 0.3 is 6.09 Å². The van der Waals surface area contributed by atoms with Gasteiger partial charge in [-0.05, 0) is 45.9 Å². The first kappa shape index (κ1) is 24.7. The molecule has 0 atom stereocenters. The van der Waals surface area contributed by atoms with Gasteiger partial charge in [-0.25, -0.2) is 24.1 Å². The maximum Gasteiger partial charge on any atom is 0.417 e. The number of aliphatic hydroxyl groups is 1. The lowest BCUT2D eigenvalue weighted by molar-refractivity contribution is 0.0574. The summed E-state index contributed by atoms with van der Waals surface area (Å²) in [6.45, 7) is 7.16. The van der Waals surface area contributed by atoms with Gasteiger partial charge < -0.3 is 14.6 Å². The Labute approximate surface area is 213 Å². The first-order valence-corrected chi connectivity index (χ1v) is 12.0. The molecule has 1 aliphatic heterocycles.